The first-order valence-electron chi connectivity index (χ1n) is 7.59. The van der Waals surface area contributed by atoms with E-state index in [4.69, 9.17) is 5.11 Å². The Morgan fingerprint density at radius 2 is 2.04 bits per heavy atom. The van der Waals surface area contributed by atoms with Crippen LogP contribution in [0.4, 0.5) is 0 Å². The van der Waals surface area contributed by atoms with E-state index in [-0.39, 0.29) is 19.0 Å². The molecule has 7 nitrogen and oxygen atoms in total. The molecular formula is C16H18N4O3. The van der Waals surface area contributed by atoms with Crippen molar-refractivity contribution in [1.29, 1.82) is 0 Å². The molecule has 2 heterocycles. The number of likely N-dealkylation sites (tertiary alicyclic amines) is 1. The third-order valence-corrected chi connectivity index (χ3v) is 3.99. The predicted octanol–water partition coefficient (Wildman–Crippen LogP) is 1.27. The lowest BCUT2D eigenvalue weighted by Crippen LogP contribution is -2.43. The van der Waals surface area contributed by atoms with E-state index in [2.05, 4.69) is 10.1 Å². The summed E-state index contributed by atoms with van der Waals surface area (Å²) in [7, 11) is 0. The number of carbonyl (C=O) groups is 2. The molecule has 1 fully saturated rings. The minimum atomic E-state index is -0.838. The zero-order chi connectivity index (χ0) is 16.2. The Balaban J connectivity index is 1.64. The number of nitrogens with zero attached hydrogens (tertiary/aromatic N) is 4. The van der Waals surface area contributed by atoms with Crippen LogP contribution >= 0.6 is 0 Å². The van der Waals surface area contributed by atoms with E-state index in [1.165, 1.54) is 11.0 Å². The number of aliphatic carboxylic acids is 1. The van der Waals surface area contributed by atoms with Gasteiger partial charge in [0.15, 0.2) is 5.82 Å². The summed E-state index contributed by atoms with van der Waals surface area (Å²) < 4.78 is 1.50. The van der Waals surface area contributed by atoms with Crippen molar-refractivity contribution >= 4 is 11.9 Å². The number of hydrogen-bond acceptors (Lipinski definition) is 4. The quantitative estimate of drug-likeness (QED) is 0.918. The number of piperidine rings is 1. The fourth-order valence-electron chi connectivity index (χ4n) is 2.73. The van der Waals surface area contributed by atoms with Gasteiger partial charge in [0.1, 0.15) is 12.9 Å². The van der Waals surface area contributed by atoms with Gasteiger partial charge >= 0.3 is 5.97 Å². The second kappa shape index (κ2) is 6.60. The molecule has 0 aliphatic carbocycles. The van der Waals surface area contributed by atoms with Crippen molar-refractivity contribution in [1.82, 2.24) is 19.7 Å². The average molecular weight is 314 g/mol. The summed E-state index contributed by atoms with van der Waals surface area (Å²) in [6.07, 6.45) is 2.87. The van der Waals surface area contributed by atoms with Crippen LogP contribution in [0.1, 0.15) is 12.8 Å². The van der Waals surface area contributed by atoms with Gasteiger partial charge in [0.25, 0.3) is 0 Å². The molecule has 7 heteroatoms. The van der Waals surface area contributed by atoms with E-state index in [9.17, 15) is 9.59 Å². The van der Waals surface area contributed by atoms with Crippen molar-refractivity contribution in [2.45, 2.75) is 19.4 Å². The molecule has 0 bridgehead atoms. The Bertz CT molecular complexity index is 698. The molecule has 3 rings (SSSR count). The molecule has 1 N–H and O–H groups in total. The number of benzene rings is 1. The minimum Gasteiger partial charge on any atom is -0.481 e. The third-order valence-electron chi connectivity index (χ3n) is 3.99. The summed E-state index contributed by atoms with van der Waals surface area (Å²) in [6, 6.07) is 9.54. The van der Waals surface area contributed by atoms with Crippen molar-refractivity contribution in [2.75, 3.05) is 13.1 Å². The van der Waals surface area contributed by atoms with Crippen molar-refractivity contribution < 1.29 is 14.7 Å². The number of carbonyl (C=O) groups excluding carboxylic acids is 1. The maximum absolute atomic E-state index is 12.3. The fourth-order valence-corrected chi connectivity index (χ4v) is 2.73. The molecular weight excluding hydrogens is 296 g/mol. The number of rotatable bonds is 4. The van der Waals surface area contributed by atoms with Crippen molar-refractivity contribution in [3.05, 3.63) is 36.7 Å². The first-order valence-corrected chi connectivity index (χ1v) is 7.59. The zero-order valence-electron chi connectivity index (χ0n) is 12.6. The van der Waals surface area contributed by atoms with Gasteiger partial charge in [0, 0.05) is 18.7 Å². The molecule has 1 aromatic carbocycles. The van der Waals surface area contributed by atoms with Crippen LogP contribution in [0, 0.1) is 5.92 Å². The van der Waals surface area contributed by atoms with Crippen LogP contribution in [0.3, 0.4) is 0 Å². The summed E-state index contributed by atoms with van der Waals surface area (Å²) >= 11 is 0. The van der Waals surface area contributed by atoms with E-state index < -0.39 is 11.9 Å². The van der Waals surface area contributed by atoms with E-state index >= 15 is 0 Å². The maximum Gasteiger partial charge on any atom is 0.308 e. The lowest BCUT2D eigenvalue weighted by atomic mass is 9.98. The lowest BCUT2D eigenvalue weighted by molar-refractivity contribution is -0.145. The summed E-state index contributed by atoms with van der Waals surface area (Å²) in [5.74, 6) is -0.862. The number of amides is 1. The van der Waals surface area contributed by atoms with E-state index in [0.717, 1.165) is 12.0 Å². The molecule has 1 saturated heterocycles. The van der Waals surface area contributed by atoms with Crippen LogP contribution in [0.2, 0.25) is 0 Å². The van der Waals surface area contributed by atoms with Gasteiger partial charge in [0.2, 0.25) is 5.91 Å². The van der Waals surface area contributed by atoms with Crippen molar-refractivity contribution in [3.63, 3.8) is 0 Å². The highest BCUT2D eigenvalue weighted by atomic mass is 16.4. The Kier molecular flexibility index (Phi) is 4.36. The molecule has 2 aromatic rings. The second-order valence-corrected chi connectivity index (χ2v) is 5.65. The van der Waals surface area contributed by atoms with Gasteiger partial charge in [-0.1, -0.05) is 30.3 Å². The molecule has 1 amide bonds. The SMILES string of the molecule is O=C(O)C1CCCN(C(=O)Cn2cnc(-c3ccccc3)n2)C1. The topological polar surface area (TPSA) is 88.3 Å². The fraction of sp³-hybridized carbons (Fsp3) is 0.375. The van der Waals surface area contributed by atoms with Gasteiger partial charge in [-0.05, 0) is 12.8 Å². The monoisotopic (exact) mass is 314 g/mol. The highest BCUT2D eigenvalue weighted by molar-refractivity contribution is 5.77. The molecule has 120 valence electrons. The number of aromatic nitrogens is 3. The summed E-state index contributed by atoms with van der Waals surface area (Å²) in [5.41, 5.74) is 0.891. The Morgan fingerprint density at radius 1 is 1.26 bits per heavy atom. The molecule has 1 aliphatic rings. The largest absolute Gasteiger partial charge is 0.481 e. The van der Waals surface area contributed by atoms with Gasteiger partial charge in [-0.15, -0.1) is 0 Å². The standard InChI is InChI=1S/C16H18N4O3/c21-14(19-8-4-7-13(9-19)16(22)23)10-20-11-17-15(18-20)12-5-2-1-3-6-12/h1-3,5-6,11,13H,4,7-10H2,(H,22,23). The molecule has 0 radical (unpaired) electrons. The van der Waals surface area contributed by atoms with Gasteiger partial charge in [-0.2, -0.15) is 5.10 Å². The number of carboxylic acid groups (broad SMARTS) is 1. The predicted molar refractivity (Wildman–Crippen MR) is 82.4 cm³/mol. The van der Waals surface area contributed by atoms with Crippen LogP contribution in [0.25, 0.3) is 11.4 Å². The third kappa shape index (κ3) is 3.56. The van der Waals surface area contributed by atoms with Crippen LogP contribution in [0.5, 0.6) is 0 Å². The highest BCUT2D eigenvalue weighted by Gasteiger charge is 2.28. The van der Waals surface area contributed by atoms with Gasteiger partial charge < -0.3 is 10.0 Å². The van der Waals surface area contributed by atoms with Gasteiger partial charge in [0.05, 0.1) is 5.92 Å². The minimum absolute atomic E-state index is 0.0756. The number of hydrogen-bond donors (Lipinski definition) is 1. The zero-order valence-corrected chi connectivity index (χ0v) is 12.6. The van der Waals surface area contributed by atoms with Crippen LogP contribution in [-0.4, -0.2) is 49.7 Å². The van der Waals surface area contributed by atoms with Crippen molar-refractivity contribution in [3.8, 4) is 11.4 Å². The smallest absolute Gasteiger partial charge is 0.308 e. The van der Waals surface area contributed by atoms with Gasteiger partial charge in [-0.25, -0.2) is 9.67 Å². The van der Waals surface area contributed by atoms with Crippen LogP contribution in [0.15, 0.2) is 36.7 Å². The molecule has 0 saturated carbocycles. The lowest BCUT2D eigenvalue weighted by Gasteiger charge is -2.30. The molecule has 0 spiro atoms. The van der Waals surface area contributed by atoms with Gasteiger partial charge in [-0.3, -0.25) is 9.59 Å². The number of carboxylic acids is 1. The first kappa shape index (κ1) is 15.2. The Labute approximate surface area is 133 Å². The molecule has 23 heavy (non-hydrogen) atoms. The average Bonchev–Trinajstić information content (AvgIpc) is 3.04. The summed E-state index contributed by atoms with van der Waals surface area (Å²) in [6.45, 7) is 0.948. The first-order chi connectivity index (χ1) is 11.1. The second-order valence-electron chi connectivity index (χ2n) is 5.65. The van der Waals surface area contributed by atoms with E-state index in [1.807, 2.05) is 30.3 Å². The molecule has 1 aromatic heterocycles. The maximum atomic E-state index is 12.3. The van der Waals surface area contributed by atoms with Crippen LogP contribution < -0.4 is 0 Å². The summed E-state index contributed by atoms with van der Waals surface area (Å²) in [4.78, 5) is 29.2. The Hall–Kier alpha value is -2.70. The molecule has 1 atom stereocenters. The van der Waals surface area contributed by atoms with Crippen molar-refractivity contribution in [2.24, 2.45) is 5.92 Å². The molecule has 1 aliphatic heterocycles. The van der Waals surface area contributed by atoms with Crippen LogP contribution in [-0.2, 0) is 16.1 Å². The molecule has 1 unspecified atom stereocenters. The Morgan fingerprint density at radius 3 is 2.78 bits per heavy atom. The normalized spacial score (nSPS) is 17.9. The summed E-state index contributed by atoms with van der Waals surface area (Å²) in [5, 5.41) is 13.4. The van der Waals surface area contributed by atoms with E-state index in [0.29, 0.717) is 18.8 Å². The highest BCUT2D eigenvalue weighted by Crippen LogP contribution is 2.17. The van der Waals surface area contributed by atoms with E-state index in [1.54, 1.807) is 4.90 Å².